The van der Waals surface area contributed by atoms with Gasteiger partial charge in [-0.1, -0.05) is 34.1 Å². The fraction of sp³-hybridized carbons (Fsp3) is 1.00. The van der Waals surface area contributed by atoms with Crippen LogP contribution in [0, 0.1) is 5.92 Å². The number of hydrogen-bond donors (Lipinski definition) is 1. The lowest BCUT2D eigenvalue weighted by Crippen LogP contribution is -2.56. The zero-order valence-corrected chi connectivity index (χ0v) is 11.2. The zero-order valence-electron chi connectivity index (χ0n) is 11.2. The van der Waals surface area contributed by atoms with Crippen molar-refractivity contribution in [1.29, 1.82) is 0 Å². The summed E-state index contributed by atoms with van der Waals surface area (Å²) < 4.78 is 39.1. The Morgan fingerprint density at radius 1 is 1.12 bits per heavy atom. The lowest BCUT2D eigenvalue weighted by atomic mass is 10.0. The van der Waals surface area contributed by atoms with Gasteiger partial charge in [-0.25, -0.2) is 0 Å². The minimum atomic E-state index is -4.25. The smallest absolute Gasteiger partial charge is 0.326 e. The summed E-state index contributed by atoms with van der Waals surface area (Å²) in [6.45, 7) is 8.23. The predicted octanol–water partition coefficient (Wildman–Crippen LogP) is 3.02. The Morgan fingerprint density at radius 3 is 1.94 bits per heavy atom. The van der Waals surface area contributed by atoms with Crippen LogP contribution < -0.4 is 5.73 Å². The number of likely N-dealkylation sites (N-methyl/N-ethyl adjacent to an activating group) is 1. The minimum absolute atomic E-state index is 0.254. The maximum Gasteiger partial charge on any atom is 0.405 e. The van der Waals surface area contributed by atoms with Crippen molar-refractivity contribution in [1.82, 2.24) is 4.90 Å². The molecule has 3 unspecified atom stereocenters. The third kappa shape index (κ3) is 5.25. The summed E-state index contributed by atoms with van der Waals surface area (Å²) in [5.74, 6) is 0.254. The van der Waals surface area contributed by atoms with Crippen LogP contribution in [0.5, 0.6) is 0 Å². The second kappa shape index (κ2) is 7.21. The maximum atomic E-state index is 13.0. The van der Waals surface area contributed by atoms with Gasteiger partial charge in [-0.05, 0) is 18.9 Å². The van der Waals surface area contributed by atoms with E-state index in [0.717, 1.165) is 6.42 Å². The van der Waals surface area contributed by atoms with Crippen molar-refractivity contribution in [2.75, 3.05) is 13.1 Å². The van der Waals surface area contributed by atoms with Crippen LogP contribution in [0.1, 0.15) is 40.5 Å². The van der Waals surface area contributed by atoms with Crippen molar-refractivity contribution >= 4 is 0 Å². The molecule has 5 heteroatoms. The normalized spacial score (nSPS) is 18.2. The molecule has 104 valence electrons. The fourth-order valence-electron chi connectivity index (χ4n) is 1.91. The van der Waals surface area contributed by atoms with Crippen LogP contribution in [-0.4, -0.2) is 36.2 Å². The Bertz CT molecular complexity index is 206. The van der Waals surface area contributed by atoms with E-state index in [4.69, 9.17) is 5.73 Å². The molecule has 0 aromatic heterocycles. The second-order valence-electron chi connectivity index (χ2n) is 4.66. The van der Waals surface area contributed by atoms with Crippen LogP contribution in [0.25, 0.3) is 0 Å². The Labute approximate surface area is 102 Å². The van der Waals surface area contributed by atoms with Gasteiger partial charge >= 0.3 is 6.18 Å². The molecule has 0 bridgehead atoms. The second-order valence-corrected chi connectivity index (χ2v) is 4.66. The molecule has 0 heterocycles. The number of nitrogens with two attached hydrogens (primary N) is 1. The summed E-state index contributed by atoms with van der Waals surface area (Å²) in [5.41, 5.74) is 5.64. The van der Waals surface area contributed by atoms with Crippen molar-refractivity contribution in [3.8, 4) is 0 Å². The third-order valence-electron chi connectivity index (χ3n) is 3.26. The van der Waals surface area contributed by atoms with Gasteiger partial charge in [0.1, 0.15) is 6.04 Å². The van der Waals surface area contributed by atoms with Gasteiger partial charge < -0.3 is 5.73 Å². The number of hydrogen-bond acceptors (Lipinski definition) is 2. The van der Waals surface area contributed by atoms with Gasteiger partial charge in [0.15, 0.2) is 0 Å². The molecule has 0 aliphatic rings. The van der Waals surface area contributed by atoms with Crippen LogP contribution >= 0.6 is 0 Å². The Kier molecular flexibility index (Phi) is 7.09. The van der Waals surface area contributed by atoms with Crippen molar-refractivity contribution in [3.05, 3.63) is 0 Å². The Hall–Kier alpha value is -0.290. The molecule has 0 saturated carbocycles. The Morgan fingerprint density at radius 2 is 1.65 bits per heavy atom. The molecular weight excluding hydrogens is 229 g/mol. The molecule has 0 radical (unpaired) electrons. The maximum absolute atomic E-state index is 13.0. The summed E-state index contributed by atoms with van der Waals surface area (Å²) in [6, 6.07) is -2.37. The molecule has 0 aliphatic heterocycles. The first-order chi connectivity index (χ1) is 7.77. The molecule has 0 rings (SSSR count). The number of rotatable bonds is 7. The third-order valence-corrected chi connectivity index (χ3v) is 3.26. The first-order valence-electron chi connectivity index (χ1n) is 6.34. The highest BCUT2D eigenvalue weighted by Gasteiger charge is 2.46. The van der Waals surface area contributed by atoms with E-state index in [0.29, 0.717) is 19.5 Å². The van der Waals surface area contributed by atoms with Gasteiger partial charge in [-0.15, -0.1) is 0 Å². The van der Waals surface area contributed by atoms with E-state index >= 15 is 0 Å². The molecule has 0 fully saturated rings. The van der Waals surface area contributed by atoms with E-state index in [2.05, 4.69) is 0 Å². The van der Waals surface area contributed by atoms with Gasteiger partial charge in [-0.2, -0.15) is 13.2 Å². The summed E-state index contributed by atoms with van der Waals surface area (Å²) in [5, 5.41) is 0. The van der Waals surface area contributed by atoms with Gasteiger partial charge in [0.05, 0.1) is 0 Å². The SMILES string of the molecule is CCC(C)CN(CC)C(C(N)CC)C(F)(F)F. The van der Waals surface area contributed by atoms with Crippen LogP contribution in [0.4, 0.5) is 13.2 Å². The zero-order chi connectivity index (χ0) is 13.6. The van der Waals surface area contributed by atoms with E-state index in [9.17, 15) is 13.2 Å². The van der Waals surface area contributed by atoms with E-state index < -0.39 is 18.3 Å². The molecule has 0 aromatic rings. The van der Waals surface area contributed by atoms with Crippen LogP contribution in [-0.2, 0) is 0 Å². The molecular formula is C12H25F3N2. The summed E-state index contributed by atoms with van der Waals surface area (Å²) in [6.07, 6.45) is -3.04. The highest BCUT2D eigenvalue weighted by atomic mass is 19.4. The van der Waals surface area contributed by atoms with Gasteiger partial charge in [0.25, 0.3) is 0 Å². The quantitative estimate of drug-likeness (QED) is 0.756. The summed E-state index contributed by atoms with van der Waals surface area (Å²) >= 11 is 0. The predicted molar refractivity (Wildman–Crippen MR) is 64.8 cm³/mol. The van der Waals surface area contributed by atoms with Crippen LogP contribution in [0.2, 0.25) is 0 Å². The summed E-state index contributed by atoms with van der Waals surface area (Å²) in [4.78, 5) is 1.46. The number of nitrogens with zero attached hydrogens (tertiary/aromatic N) is 1. The average Bonchev–Trinajstić information content (AvgIpc) is 2.25. The molecule has 17 heavy (non-hydrogen) atoms. The molecule has 0 spiro atoms. The Balaban J connectivity index is 4.86. The highest BCUT2D eigenvalue weighted by Crippen LogP contribution is 2.28. The first kappa shape index (κ1) is 16.7. The molecule has 2 N–H and O–H groups in total. The van der Waals surface area contributed by atoms with Crippen molar-refractivity contribution in [3.63, 3.8) is 0 Å². The molecule has 0 aliphatic carbocycles. The van der Waals surface area contributed by atoms with Crippen LogP contribution in [0.15, 0.2) is 0 Å². The van der Waals surface area contributed by atoms with E-state index in [-0.39, 0.29) is 5.92 Å². The summed E-state index contributed by atoms with van der Waals surface area (Å²) in [7, 11) is 0. The van der Waals surface area contributed by atoms with Crippen molar-refractivity contribution in [2.45, 2.75) is 58.8 Å². The molecule has 2 nitrogen and oxygen atoms in total. The topological polar surface area (TPSA) is 29.3 Å². The van der Waals surface area contributed by atoms with Crippen molar-refractivity contribution < 1.29 is 13.2 Å². The standard InChI is InChI=1S/C12H25F3N2/c1-5-9(4)8-17(7-3)11(10(16)6-2)12(13,14)15/h9-11H,5-8,16H2,1-4H3. The first-order valence-corrected chi connectivity index (χ1v) is 6.34. The van der Waals surface area contributed by atoms with E-state index in [1.54, 1.807) is 13.8 Å². The van der Waals surface area contributed by atoms with E-state index in [1.807, 2.05) is 13.8 Å². The van der Waals surface area contributed by atoms with Crippen molar-refractivity contribution in [2.24, 2.45) is 11.7 Å². The average molecular weight is 254 g/mol. The molecule has 3 atom stereocenters. The van der Waals surface area contributed by atoms with Gasteiger partial charge in [-0.3, -0.25) is 4.90 Å². The lowest BCUT2D eigenvalue weighted by molar-refractivity contribution is -0.190. The largest absolute Gasteiger partial charge is 0.405 e. The lowest BCUT2D eigenvalue weighted by Gasteiger charge is -2.37. The highest BCUT2D eigenvalue weighted by molar-refractivity contribution is 4.87. The number of alkyl halides is 3. The molecule has 0 saturated heterocycles. The monoisotopic (exact) mass is 254 g/mol. The number of halogens is 3. The minimum Gasteiger partial charge on any atom is -0.326 e. The van der Waals surface area contributed by atoms with Gasteiger partial charge in [0.2, 0.25) is 0 Å². The molecule has 0 aromatic carbocycles. The van der Waals surface area contributed by atoms with Gasteiger partial charge in [0, 0.05) is 12.6 Å². The van der Waals surface area contributed by atoms with E-state index in [1.165, 1.54) is 4.90 Å². The molecule has 0 amide bonds. The fourth-order valence-corrected chi connectivity index (χ4v) is 1.91. The van der Waals surface area contributed by atoms with Crippen LogP contribution in [0.3, 0.4) is 0 Å².